The Morgan fingerprint density at radius 1 is 1.12 bits per heavy atom. The van der Waals surface area contributed by atoms with Crippen LogP contribution in [0.5, 0.6) is 0 Å². The minimum atomic E-state index is -3.48. The van der Waals surface area contributed by atoms with E-state index in [2.05, 4.69) is 10.6 Å². The molecule has 9 heteroatoms. The number of carbonyl (C=O) groups excluding carboxylic acids is 1. The van der Waals surface area contributed by atoms with Crippen LogP contribution in [-0.2, 0) is 21.3 Å². The summed E-state index contributed by atoms with van der Waals surface area (Å²) in [5, 5.41) is 5.44. The van der Waals surface area contributed by atoms with E-state index in [0.717, 1.165) is 4.88 Å². The zero-order valence-corrected chi connectivity index (χ0v) is 15.1. The number of amides is 2. The van der Waals surface area contributed by atoms with Crippen molar-refractivity contribution in [1.82, 2.24) is 9.62 Å². The van der Waals surface area contributed by atoms with E-state index in [0.29, 0.717) is 32.0 Å². The normalized spacial score (nSPS) is 15.7. The van der Waals surface area contributed by atoms with Gasteiger partial charge in [-0.1, -0.05) is 18.2 Å². The summed E-state index contributed by atoms with van der Waals surface area (Å²) in [6.07, 6.45) is 0. The number of thiophene rings is 1. The van der Waals surface area contributed by atoms with Crippen LogP contribution in [0.1, 0.15) is 4.88 Å². The van der Waals surface area contributed by atoms with Crippen LogP contribution in [0.15, 0.2) is 46.7 Å². The number of morpholine rings is 1. The molecule has 3 rings (SSSR count). The van der Waals surface area contributed by atoms with E-state index in [4.69, 9.17) is 4.74 Å². The summed E-state index contributed by atoms with van der Waals surface area (Å²) in [5.74, 6) is 0. The van der Waals surface area contributed by atoms with Crippen molar-refractivity contribution in [1.29, 1.82) is 0 Å². The molecule has 1 aromatic heterocycles. The summed E-state index contributed by atoms with van der Waals surface area (Å²) >= 11 is 1.17. The second-order valence-corrected chi connectivity index (χ2v) is 8.74. The Bertz CT molecular complexity index is 815. The van der Waals surface area contributed by atoms with Crippen molar-refractivity contribution in [3.63, 3.8) is 0 Å². The van der Waals surface area contributed by atoms with Gasteiger partial charge in [0.25, 0.3) is 10.0 Å². The third-order valence-electron chi connectivity index (χ3n) is 3.66. The Hall–Kier alpha value is -1.94. The molecule has 1 aliphatic heterocycles. The number of rotatable bonds is 5. The van der Waals surface area contributed by atoms with Gasteiger partial charge in [-0.2, -0.15) is 4.31 Å². The number of nitrogens with one attached hydrogen (secondary N) is 2. The molecule has 0 spiro atoms. The van der Waals surface area contributed by atoms with E-state index in [1.54, 1.807) is 24.3 Å². The van der Waals surface area contributed by atoms with Gasteiger partial charge in [0.2, 0.25) is 0 Å². The van der Waals surface area contributed by atoms with Gasteiger partial charge in [0, 0.05) is 23.7 Å². The highest BCUT2D eigenvalue weighted by Gasteiger charge is 2.27. The highest BCUT2D eigenvalue weighted by atomic mass is 32.2. The standard InChI is InChI=1S/C16H19N3O4S2/c20-16(18-13-4-2-1-3-5-13)17-12-14-6-7-15(24-14)25(21,22)19-8-10-23-11-9-19/h1-7H,8-12H2,(H2,17,18,20). The number of urea groups is 1. The maximum Gasteiger partial charge on any atom is 0.319 e. The maximum atomic E-state index is 12.6. The van der Waals surface area contributed by atoms with Gasteiger partial charge in [0.05, 0.1) is 19.8 Å². The second kappa shape index (κ2) is 7.96. The lowest BCUT2D eigenvalue weighted by molar-refractivity contribution is 0.0731. The largest absolute Gasteiger partial charge is 0.379 e. The second-order valence-electron chi connectivity index (χ2n) is 5.41. The predicted octanol–water partition coefficient (Wildman–Crippen LogP) is 2.09. The first-order chi connectivity index (χ1) is 12.1. The number of anilines is 1. The lowest BCUT2D eigenvalue weighted by Crippen LogP contribution is -2.40. The first-order valence-corrected chi connectivity index (χ1v) is 10.1. The fourth-order valence-electron chi connectivity index (χ4n) is 2.37. The first kappa shape index (κ1) is 17.9. The SMILES string of the molecule is O=C(NCc1ccc(S(=O)(=O)N2CCOCC2)s1)Nc1ccccc1. The molecule has 2 amide bonds. The Morgan fingerprint density at radius 2 is 1.84 bits per heavy atom. The fraction of sp³-hybridized carbons (Fsp3) is 0.312. The van der Waals surface area contributed by atoms with Gasteiger partial charge < -0.3 is 15.4 Å². The summed E-state index contributed by atoms with van der Waals surface area (Å²) in [5.41, 5.74) is 0.696. The van der Waals surface area contributed by atoms with Crippen LogP contribution in [-0.4, -0.2) is 45.1 Å². The summed E-state index contributed by atoms with van der Waals surface area (Å²) in [7, 11) is -3.48. The van der Waals surface area contributed by atoms with Crippen LogP contribution in [0.4, 0.5) is 10.5 Å². The van der Waals surface area contributed by atoms with E-state index in [1.165, 1.54) is 15.6 Å². The van der Waals surface area contributed by atoms with Gasteiger partial charge >= 0.3 is 6.03 Å². The number of sulfonamides is 1. The maximum absolute atomic E-state index is 12.6. The Kier molecular flexibility index (Phi) is 5.69. The highest BCUT2D eigenvalue weighted by molar-refractivity contribution is 7.91. The van der Waals surface area contributed by atoms with Crippen LogP contribution in [0.3, 0.4) is 0 Å². The molecule has 0 unspecified atom stereocenters. The molecule has 1 aromatic carbocycles. The van der Waals surface area contributed by atoms with Gasteiger partial charge in [0.1, 0.15) is 4.21 Å². The average molecular weight is 381 g/mol. The van der Waals surface area contributed by atoms with E-state index in [9.17, 15) is 13.2 Å². The molecule has 0 bridgehead atoms. The summed E-state index contributed by atoms with van der Waals surface area (Å²) in [6.45, 7) is 1.83. The van der Waals surface area contributed by atoms with Crippen LogP contribution in [0.25, 0.3) is 0 Å². The average Bonchev–Trinajstić information content (AvgIpc) is 3.11. The summed E-state index contributed by atoms with van der Waals surface area (Å²) < 4.78 is 32.0. The number of nitrogens with zero attached hydrogens (tertiary/aromatic N) is 1. The molecule has 1 saturated heterocycles. The Morgan fingerprint density at radius 3 is 2.56 bits per heavy atom. The number of benzene rings is 1. The fourth-order valence-corrected chi connectivity index (χ4v) is 5.23. The van der Waals surface area contributed by atoms with Crippen molar-refractivity contribution >= 4 is 33.1 Å². The van der Waals surface area contributed by atoms with Gasteiger partial charge in [-0.15, -0.1) is 11.3 Å². The molecule has 7 nitrogen and oxygen atoms in total. The number of carbonyl (C=O) groups is 1. The minimum absolute atomic E-state index is 0.266. The van der Waals surface area contributed by atoms with Crippen molar-refractivity contribution in [2.75, 3.05) is 31.6 Å². The minimum Gasteiger partial charge on any atom is -0.379 e. The van der Waals surface area contributed by atoms with E-state index >= 15 is 0 Å². The molecular weight excluding hydrogens is 362 g/mol. The van der Waals surface area contributed by atoms with Gasteiger partial charge in [-0.25, -0.2) is 13.2 Å². The summed E-state index contributed by atoms with van der Waals surface area (Å²) in [4.78, 5) is 12.7. The Labute approximate surface area is 150 Å². The van der Waals surface area contributed by atoms with Gasteiger partial charge in [-0.3, -0.25) is 0 Å². The topological polar surface area (TPSA) is 87.7 Å². The molecular formula is C16H19N3O4S2. The molecule has 1 fully saturated rings. The predicted molar refractivity (Wildman–Crippen MR) is 96.2 cm³/mol. The molecule has 134 valence electrons. The molecule has 0 atom stereocenters. The quantitative estimate of drug-likeness (QED) is 0.830. The number of hydrogen-bond acceptors (Lipinski definition) is 5. The smallest absolute Gasteiger partial charge is 0.319 e. The highest BCUT2D eigenvalue weighted by Crippen LogP contribution is 2.25. The van der Waals surface area contributed by atoms with Gasteiger partial charge in [0.15, 0.2) is 0 Å². The molecule has 1 aliphatic rings. The molecule has 0 saturated carbocycles. The molecule has 2 N–H and O–H groups in total. The lowest BCUT2D eigenvalue weighted by atomic mass is 10.3. The third kappa shape index (κ3) is 4.57. The number of para-hydroxylation sites is 1. The number of ether oxygens (including phenoxy) is 1. The van der Waals surface area contributed by atoms with Crippen LogP contribution < -0.4 is 10.6 Å². The summed E-state index contributed by atoms with van der Waals surface area (Å²) in [6, 6.07) is 12.1. The third-order valence-corrected chi connectivity index (χ3v) is 7.11. The molecule has 0 radical (unpaired) electrons. The van der Waals surface area contributed by atoms with E-state index < -0.39 is 10.0 Å². The first-order valence-electron chi connectivity index (χ1n) is 7.82. The lowest BCUT2D eigenvalue weighted by Gasteiger charge is -2.25. The van der Waals surface area contributed by atoms with Crippen molar-refractivity contribution < 1.29 is 17.9 Å². The van der Waals surface area contributed by atoms with Gasteiger partial charge in [-0.05, 0) is 24.3 Å². The van der Waals surface area contributed by atoms with Crippen molar-refractivity contribution in [2.24, 2.45) is 0 Å². The number of hydrogen-bond donors (Lipinski definition) is 2. The van der Waals surface area contributed by atoms with Crippen LogP contribution in [0, 0.1) is 0 Å². The zero-order valence-electron chi connectivity index (χ0n) is 13.5. The molecule has 0 aliphatic carbocycles. The van der Waals surface area contributed by atoms with Crippen LogP contribution in [0.2, 0.25) is 0 Å². The van der Waals surface area contributed by atoms with Crippen LogP contribution >= 0.6 is 11.3 Å². The molecule has 2 heterocycles. The van der Waals surface area contributed by atoms with E-state index in [-0.39, 0.29) is 16.8 Å². The molecule has 25 heavy (non-hydrogen) atoms. The zero-order chi connectivity index (χ0) is 17.7. The van der Waals surface area contributed by atoms with E-state index in [1.807, 2.05) is 18.2 Å². The van der Waals surface area contributed by atoms with Crippen molar-refractivity contribution in [3.05, 3.63) is 47.3 Å². The van der Waals surface area contributed by atoms with Crippen molar-refractivity contribution in [3.8, 4) is 0 Å². The Balaban J connectivity index is 1.57. The monoisotopic (exact) mass is 381 g/mol. The van der Waals surface area contributed by atoms with Crippen molar-refractivity contribution in [2.45, 2.75) is 10.8 Å². The molecule has 2 aromatic rings.